The van der Waals surface area contributed by atoms with Gasteiger partial charge < -0.3 is 9.80 Å². The Kier molecular flexibility index (Phi) is 5.17. The van der Waals surface area contributed by atoms with E-state index >= 15 is 0 Å². The van der Waals surface area contributed by atoms with Crippen molar-refractivity contribution in [3.05, 3.63) is 60.6 Å². The summed E-state index contributed by atoms with van der Waals surface area (Å²) >= 11 is 0. The molecule has 1 atom stereocenters. The predicted octanol–water partition coefficient (Wildman–Crippen LogP) is 2.96. The maximum atomic E-state index is 13.6. The highest BCUT2D eigenvalue weighted by Gasteiger charge is 2.33. The van der Waals surface area contributed by atoms with Crippen LogP contribution in [0, 0.1) is 0 Å². The zero-order valence-electron chi connectivity index (χ0n) is 17.0. The van der Waals surface area contributed by atoms with Crippen molar-refractivity contribution in [2.75, 3.05) is 31.1 Å². The molecule has 0 radical (unpaired) electrons. The first-order chi connectivity index (χ1) is 14.8. The van der Waals surface area contributed by atoms with Crippen LogP contribution in [-0.2, 0) is 11.2 Å². The summed E-state index contributed by atoms with van der Waals surface area (Å²) < 4.78 is 2.11. The van der Waals surface area contributed by atoms with Gasteiger partial charge in [-0.25, -0.2) is 4.98 Å². The minimum absolute atomic E-state index is 0.191. The number of carbonyl (C=O) groups excluding carboxylic acids is 1. The fourth-order valence-electron chi connectivity index (χ4n) is 4.50. The molecule has 0 aliphatic carbocycles. The van der Waals surface area contributed by atoms with Crippen LogP contribution < -0.4 is 4.90 Å². The van der Waals surface area contributed by atoms with E-state index in [1.807, 2.05) is 59.6 Å². The molecular formula is C23H26N6O. The normalized spacial score (nSPS) is 19.3. The molecule has 30 heavy (non-hydrogen) atoms. The lowest BCUT2D eigenvalue weighted by atomic mass is 10.1. The highest BCUT2D eigenvalue weighted by molar-refractivity contribution is 5.81. The number of fused-ring (bicyclic) bond motifs is 1. The van der Waals surface area contributed by atoms with Gasteiger partial charge in [-0.15, -0.1) is 10.2 Å². The standard InChI is InChI=1S/C23H26N6O/c30-23(28-16-14-27(15-17-28)20-11-6-7-13-24-20)19-10-4-5-12-21-25-26-22(29(19)21)18-8-2-1-3-9-18/h1-3,6-9,11,13,19H,4-5,10,12,14-17H2. The number of nitrogens with zero attached hydrogens (tertiary/aromatic N) is 6. The van der Waals surface area contributed by atoms with E-state index in [2.05, 4.69) is 24.6 Å². The van der Waals surface area contributed by atoms with E-state index in [4.69, 9.17) is 0 Å². The summed E-state index contributed by atoms with van der Waals surface area (Å²) in [6.07, 6.45) is 5.60. The van der Waals surface area contributed by atoms with E-state index in [0.29, 0.717) is 13.1 Å². The second kappa shape index (κ2) is 8.26. The maximum Gasteiger partial charge on any atom is 0.245 e. The molecule has 0 N–H and O–H groups in total. The summed E-state index contributed by atoms with van der Waals surface area (Å²) in [5.41, 5.74) is 1.01. The third kappa shape index (κ3) is 3.56. The molecule has 0 saturated carbocycles. The summed E-state index contributed by atoms with van der Waals surface area (Å²) in [6, 6.07) is 15.8. The van der Waals surface area contributed by atoms with E-state index < -0.39 is 0 Å². The minimum Gasteiger partial charge on any atom is -0.353 e. The van der Waals surface area contributed by atoms with Crippen LogP contribution in [-0.4, -0.2) is 56.7 Å². The van der Waals surface area contributed by atoms with E-state index in [0.717, 1.165) is 61.8 Å². The number of hydrogen-bond acceptors (Lipinski definition) is 5. The van der Waals surface area contributed by atoms with E-state index in [1.165, 1.54) is 0 Å². The van der Waals surface area contributed by atoms with Gasteiger partial charge in [-0.1, -0.05) is 42.8 Å². The number of rotatable bonds is 3. The summed E-state index contributed by atoms with van der Waals surface area (Å²) in [5, 5.41) is 8.91. The second-order valence-electron chi connectivity index (χ2n) is 7.94. The molecule has 1 fully saturated rings. The number of amides is 1. The first kappa shape index (κ1) is 18.8. The van der Waals surface area contributed by atoms with Crippen LogP contribution in [0.3, 0.4) is 0 Å². The van der Waals surface area contributed by atoms with Gasteiger partial charge in [-0.05, 0) is 25.0 Å². The Balaban J connectivity index is 1.38. The van der Waals surface area contributed by atoms with Gasteiger partial charge in [0, 0.05) is 44.4 Å². The van der Waals surface area contributed by atoms with Gasteiger partial charge >= 0.3 is 0 Å². The summed E-state index contributed by atoms with van der Waals surface area (Å²) in [6.45, 7) is 3.03. The molecule has 4 heterocycles. The van der Waals surface area contributed by atoms with Crippen molar-refractivity contribution in [1.82, 2.24) is 24.6 Å². The number of aromatic nitrogens is 4. The molecule has 1 unspecified atom stereocenters. The summed E-state index contributed by atoms with van der Waals surface area (Å²) in [4.78, 5) is 22.3. The van der Waals surface area contributed by atoms with Gasteiger partial charge in [0.1, 0.15) is 17.7 Å². The van der Waals surface area contributed by atoms with Gasteiger partial charge in [0.05, 0.1) is 0 Å². The Labute approximate surface area is 176 Å². The fraction of sp³-hybridized carbons (Fsp3) is 0.391. The van der Waals surface area contributed by atoms with Crippen LogP contribution in [0.2, 0.25) is 0 Å². The van der Waals surface area contributed by atoms with Crippen LogP contribution in [0.4, 0.5) is 5.82 Å². The molecule has 0 spiro atoms. The highest BCUT2D eigenvalue weighted by atomic mass is 16.2. The van der Waals surface area contributed by atoms with Gasteiger partial charge in [-0.2, -0.15) is 0 Å². The van der Waals surface area contributed by atoms with E-state index in [9.17, 15) is 4.79 Å². The monoisotopic (exact) mass is 402 g/mol. The summed E-state index contributed by atoms with van der Waals surface area (Å²) in [7, 11) is 0. The van der Waals surface area contributed by atoms with Crippen molar-refractivity contribution >= 4 is 11.7 Å². The molecule has 1 amide bonds. The molecule has 2 aromatic heterocycles. The Morgan fingerprint density at radius 3 is 2.47 bits per heavy atom. The number of hydrogen-bond donors (Lipinski definition) is 0. The van der Waals surface area contributed by atoms with Crippen LogP contribution in [0.25, 0.3) is 11.4 Å². The molecule has 1 saturated heterocycles. The quantitative estimate of drug-likeness (QED) is 0.674. The van der Waals surface area contributed by atoms with Crippen molar-refractivity contribution in [3.8, 4) is 11.4 Å². The molecule has 7 nitrogen and oxygen atoms in total. The van der Waals surface area contributed by atoms with E-state index in [1.54, 1.807) is 0 Å². The number of pyridine rings is 1. The van der Waals surface area contributed by atoms with Crippen LogP contribution >= 0.6 is 0 Å². The average Bonchev–Trinajstić information content (AvgIpc) is 3.12. The number of piperazine rings is 1. The maximum absolute atomic E-state index is 13.6. The Bertz CT molecular complexity index is 995. The largest absolute Gasteiger partial charge is 0.353 e. The molecule has 2 aliphatic heterocycles. The zero-order chi connectivity index (χ0) is 20.3. The number of aryl methyl sites for hydroxylation is 1. The molecular weight excluding hydrogens is 376 g/mol. The summed E-state index contributed by atoms with van der Waals surface area (Å²) in [5.74, 6) is 2.90. The van der Waals surface area contributed by atoms with Crippen molar-refractivity contribution < 1.29 is 4.79 Å². The third-order valence-corrected chi connectivity index (χ3v) is 6.09. The van der Waals surface area contributed by atoms with Crippen molar-refractivity contribution in [3.63, 3.8) is 0 Å². The molecule has 2 aliphatic rings. The number of benzene rings is 1. The van der Waals surface area contributed by atoms with Crippen molar-refractivity contribution in [2.24, 2.45) is 0 Å². The lowest BCUT2D eigenvalue weighted by Crippen LogP contribution is -2.51. The van der Waals surface area contributed by atoms with Gasteiger partial charge in [0.2, 0.25) is 5.91 Å². The van der Waals surface area contributed by atoms with Crippen LogP contribution in [0.15, 0.2) is 54.7 Å². The first-order valence-corrected chi connectivity index (χ1v) is 10.8. The predicted molar refractivity (Wildman–Crippen MR) is 115 cm³/mol. The molecule has 0 bridgehead atoms. The lowest BCUT2D eigenvalue weighted by molar-refractivity contribution is -0.135. The van der Waals surface area contributed by atoms with Crippen molar-refractivity contribution in [2.45, 2.75) is 31.7 Å². The topological polar surface area (TPSA) is 67.2 Å². The first-order valence-electron chi connectivity index (χ1n) is 10.8. The highest BCUT2D eigenvalue weighted by Crippen LogP contribution is 2.31. The third-order valence-electron chi connectivity index (χ3n) is 6.09. The number of carbonyl (C=O) groups is 1. The average molecular weight is 403 g/mol. The van der Waals surface area contributed by atoms with Crippen LogP contribution in [0.1, 0.15) is 31.1 Å². The van der Waals surface area contributed by atoms with Crippen molar-refractivity contribution in [1.29, 1.82) is 0 Å². The number of anilines is 1. The van der Waals surface area contributed by atoms with Gasteiger partial charge in [0.15, 0.2) is 5.82 Å². The smallest absolute Gasteiger partial charge is 0.245 e. The fourth-order valence-corrected chi connectivity index (χ4v) is 4.50. The SMILES string of the molecule is O=C(C1CCCCc2nnc(-c3ccccc3)n21)N1CCN(c2ccccn2)CC1. The Hall–Kier alpha value is -3.22. The molecule has 3 aromatic rings. The molecule has 7 heteroatoms. The lowest BCUT2D eigenvalue weighted by Gasteiger charge is -2.37. The van der Waals surface area contributed by atoms with Gasteiger partial charge in [0.25, 0.3) is 0 Å². The van der Waals surface area contributed by atoms with E-state index in [-0.39, 0.29) is 11.9 Å². The molecule has 5 rings (SSSR count). The Morgan fingerprint density at radius 1 is 0.900 bits per heavy atom. The minimum atomic E-state index is -0.228. The Morgan fingerprint density at radius 2 is 1.70 bits per heavy atom. The van der Waals surface area contributed by atoms with Crippen LogP contribution in [0.5, 0.6) is 0 Å². The zero-order valence-corrected chi connectivity index (χ0v) is 17.0. The molecule has 154 valence electrons. The molecule has 1 aromatic carbocycles. The second-order valence-corrected chi connectivity index (χ2v) is 7.94. The van der Waals surface area contributed by atoms with Gasteiger partial charge in [-0.3, -0.25) is 9.36 Å².